The first kappa shape index (κ1) is 24.8. The van der Waals surface area contributed by atoms with Crippen LogP contribution in [0.3, 0.4) is 0 Å². The van der Waals surface area contributed by atoms with E-state index in [0.29, 0.717) is 24.2 Å². The highest BCUT2D eigenvalue weighted by atomic mass is 28.4. The van der Waals surface area contributed by atoms with Gasteiger partial charge in [0.25, 0.3) is 0 Å². The lowest BCUT2D eigenvalue weighted by Crippen LogP contribution is -2.54. The van der Waals surface area contributed by atoms with Crippen molar-refractivity contribution in [1.82, 2.24) is 0 Å². The molecular weight excluding hydrogens is 444 g/mol. The van der Waals surface area contributed by atoms with Crippen LogP contribution in [0.5, 0.6) is 0 Å². The normalized spacial score (nSPS) is 51.2. The third-order valence-corrected chi connectivity index (χ3v) is 16.0. The highest BCUT2D eigenvalue weighted by molar-refractivity contribution is 6.74. The van der Waals surface area contributed by atoms with Gasteiger partial charge in [-0.1, -0.05) is 55.4 Å². The number of hydrogen-bond donors (Lipinski definition) is 1. The zero-order chi connectivity index (χ0) is 25.4. The molecule has 0 aromatic rings. The van der Waals surface area contributed by atoms with Crippen molar-refractivity contribution in [3.63, 3.8) is 0 Å². The molecule has 1 saturated heterocycles. The molecule has 4 fully saturated rings. The summed E-state index contributed by atoms with van der Waals surface area (Å²) in [5, 5.41) is 11.4. The van der Waals surface area contributed by atoms with Crippen molar-refractivity contribution in [2.45, 2.75) is 117 Å². The quantitative estimate of drug-likeness (QED) is 0.279. The Morgan fingerprint density at radius 2 is 1.74 bits per heavy atom. The maximum atomic E-state index is 12.7. The number of fused-ring (bicyclic) bond motifs is 4. The minimum absolute atomic E-state index is 0.0317. The molecule has 0 radical (unpaired) electrons. The van der Waals surface area contributed by atoms with Crippen LogP contribution in [0.15, 0.2) is 11.6 Å². The fraction of sp³-hybridized carbons (Fsp3) is 0.893. The molecule has 192 valence electrons. The molecule has 0 unspecified atom stereocenters. The first-order chi connectivity index (χ1) is 15.3. The summed E-state index contributed by atoms with van der Waals surface area (Å²) >= 11 is 0. The average molecular weight is 491 g/mol. The van der Waals surface area contributed by atoms with E-state index in [-0.39, 0.29) is 33.8 Å². The molecule has 5 rings (SSSR count). The molecule has 5 aliphatic rings. The molecule has 1 aliphatic heterocycles. The van der Waals surface area contributed by atoms with E-state index in [4.69, 9.17) is 13.9 Å². The number of carbonyl (C=O) groups is 1. The average Bonchev–Trinajstić information content (AvgIpc) is 2.94. The van der Waals surface area contributed by atoms with Gasteiger partial charge in [0, 0.05) is 17.8 Å². The summed E-state index contributed by atoms with van der Waals surface area (Å²) in [4.78, 5) is 12.7. The van der Waals surface area contributed by atoms with Crippen LogP contribution in [0.1, 0.15) is 75.2 Å². The predicted molar refractivity (Wildman–Crippen MR) is 135 cm³/mol. The van der Waals surface area contributed by atoms with E-state index >= 15 is 0 Å². The van der Waals surface area contributed by atoms with Gasteiger partial charge in [0.1, 0.15) is 0 Å². The molecule has 0 aromatic heterocycles. The van der Waals surface area contributed by atoms with Gasteiger partial charge >= 0.3 is 6.16 Å². The zero-order valence-corrected chi connectivity index (χ0v) is 24.1. The maximum absolute atomic E-state index is 12.7. The van der Waals surface area contributed by atoms with Gasteiger partial charge < -0.3 is 19.0 Å². The summed E-state index contributed by atoms with van der Waals surface area (Å²) in [6.07, 6.45) is 2.45. The first-order valence-corrected chi connectivity index (χ1v) is 16.2. The van der Waals surface area contributed by atoms with Crippen LogP contribution in [0.2, 0.25) is 18.1 Å². The number of aliphatic hydroxyl groups is 1. The number of ether oxygens (including phenoxy) is 2. The van der Waals surface area contributed by atoms with E-state index in [1.807, 2.05) is 13.0 Å². The molecule has 3 saturated carbocycles. The van der Waals surface area contributed by atoms with Crippen LogP contribution >= 0.6 is 0 Å². The van der Waals surface area contributed by atoms with Crippen molar-refractivity contribution >= 4 is 14.5 Å². The van der Waals surface area contributed by atoms with E-state index in [1.54, 1.807) is 0 Å². The van der Waals surface area contributed by atoms with E-state index in [9.17, 15) is 9.90 Å². The minimum atomic E-state index is -2.12. The van der Waals surface area contributed by atoms with Gasteiger partial charge in [0.05, 0.1) is 11.7 Å². The van der Waals surface area contributed by atoms with Gasteiger partial charge in [0.15, 0.2) is 20.0 Å². The summed E-state index contributed by atoms with van der Waals surface area (Å²) in [6, 6.07) is 0. The van der Waals surface area contributed by atoms with E-state index < -0.39 is 31.8 Å². The van der Waals surface area contributed by atoms with Gasteiger partial charge in [-0.2, -0.15) is 0 Å². The van der Waals surface area contributed by atoms with Gasteiger partial charge in [-0.3, -0.25) is 0 Å². The second kappa shape index (κ2) is 6.72. The van der Waals surface area contributed by atoms with Crippen LogP contribution in [-0.4, -0.2) is 43.0 Å². The Hall–Kier alpha value is -0.853. The van der Waals surface area contributed by atoms with Gasteiger partial charge in [-0.15, -0.1) is 0 Å². The molecular formula is C28H46O5Si. The van der Waals surface area contributed by atoms with Crippen LogP contribution in [0.25, 0.3) is 0 Å². The minimum Gasteiger partial charge on any atom is -0.426 e. The summed E-state index contributed by atoms with van der Waals surface area (Å²) in [5.74, 6) is 1.85. The molecule has 1 heterocycles. The SMILES string of the molecule is C[C@H]1[C@@H](O[Si](C)(C)C(C)(C)C)[C@H]2[C@H]3[C@@H](C[C@@H](C)[C@]2(C)C2=C[C@@](C)(O)C[C@]24OC(=O)O[C@H]14)C3(C)C. The lowest BCUT2D eigenvalue weighted by molar-refractivity contribution is -0.0544. The number of hydrogen-bond acceptors (Lipinski definition) is 5. The van der Waals surface area contributed by atoms with Gasteiger partial charge in [-0.05, 0) is 72.2 Å². The highest BCUT2D eigenvalue weighted by Crippen LogP contribution is 2.77. The summed E-state index contributed by atoms with van der Waals surface area (Å²) in [7, 11) is -2.12. The molecule has 0 amide bonds. The highest BCUT2D eigenvalue weighted by Gasteiger charge is 2.77. The van der Waals surface area contributed by atoms with Crippen molar-refractivity contribution in [3.05, 3.63) is 11.6 Å². The molecule has 0 bridgehead atoms. The van der Waals surface area contributed by atoms with Crippen LogP contribution in [-0.2, 0) is 13.9 Å². The van der Waals surface area contributed by atoms with Gasteiger partial charge in [-0.25, -0.2) is 4.79 Å². The predicted octanol–water partition coefficient (Wildman–Crippen LogP) is 6.32. The Bertz CT molecular complexity index is 945. The molecule has 0 aromatic carbocycles. The van der Waals surface area contributed by atoms with E-state index in [1.165, 1.54) is 0 Å². The summed E-state index contributed by atoms with van der Waals surface area (Å²) < 4.78 is 19.5. The lowest BCUT2D eigenvalue weighted by Gasteiger charge is -2.52. The van der Waals surface area contributed by atoms with Crippen LogP contribution in [0.4, 0.5) is 4.79 Å². The Labute approximate surface area is 207 Å². The smallest absolute Gasteiger partial charge is 0.426 e. The fourth-order valence-electron chi connectivity index (χ4n) is 8.49. The molecule has 10 atom stereocenters. The lowest BCUT2D eigenvalue weighted by atomic mass is 9.55. The van der Waals surface area contributed by atoms with E-state index in [0.717, 1.165) is 12.0 Å². The van der Waals surface area contributed by atoms with Crippen molar-refractivity contribution in [2.75, 3.05) is 0 Å². The second-order valence-electron chi connectivity index (χ2n) is 15.0. The maximum Gasteiger partial charge on any atom is 0.509 e. The molecule has 6 heteroatoms. The summed E-state index contributed by atoms with van der Waals surface area (Å²) in [6.45, 7) is 25.2. The number of rotatable bonds is 2. The number of carbonyl (C=O) groups excluding carboxylic acids is 1. The van der Waals surface area contributed by atoms with Crippen molar-refractivity contribution in [1.29, 1.82) is 0 Å². The standard InChI is InChI=1S/C28H46O5Si/c1-15-12-17-19(25(17,6)7)20-21(33-34(10,11)24(3,4)5)16(2)22-28(32-23(29)31-22)14-26(8,30)13-18(28)27(15,20)9/h13,15-17,19-22,30H,12,14H2,1-11H3/t15-,16+,17-,19-,20-,21-,22-,26-,27-,28+/m1/s1. The van der Waals surface area contributed by atoms with Gasteiger partial charge in [0.2, 0.25) is 0 Å². The van der Waals surface area contributed by atoms with Crippen molar-refractivity contribution in [3.8, 4) is 0 Å². The topological polar surface area (TPSA) is 65.0 Å². The molecule has 1 N–H and O–H groups in total. The van der Waals surface area contributed by atoms with Crippen LogP contribution < -0.4 is 0 Å². The zero-order valence-electron chi connectivity index (χ0n) is 23.1. The third kappa shape index (κ3) is 3.00. The van der Waals surface area contributed by atoms with Crippen molar-refractivity contribution < 1.29 is 23.8 Å². The molecule has 4 aliphatic carbocycles. The Balaban J connectivity index is 1.74. The second-order valence-corrected chi connectivity index (χ2v) is 19.7. The van der Waals surface area contributed by atoms with E-state index in [2.05, 4.69) is 68.5 Å². The molecule has 34 heavy (non-hydrogen) atoms. The fourth-order valence-corrected chi connectivity index (χ4v) is 9.89. The Morgan fingerprint density at radius 3 is 2.32 bits per heavy atom. The van der Waals surface area contributed by atoms with Crippen LogP contribution in [0, 0.1) is 40.4 Å². The third-order valence-electron chi connectivity index (χ3n) is 11.5. The Kier molecular flexibility index (Phi) is 4.90. The largest absolute Gasteiger partial charge is 0.509 e. The first-order valence-electron chi connectivity index (χ1n) is 13.3. The Morgan fingerprint density at radius 1 is 1.12 bits per heavy atom. The summed E-state index contributed by atoms with van der Waals surface area (Å²) in [5.41, 5.74) is -0.847. The van der Waals surface area contributed by atoms with Crippen molar-refractivity contribution in [2.24, 2.45) is 40.4 Å². The molecule has 1 spiro atoms. The monoisotopic (exact) mass is 490 g/mol. The molecule has 5 nitrogen and oxygen atoms in total.